The van der Waals surface area contributed by atoms with Crippen molar-refractivity contribution in [1.29, 1.82) is 0 Å². The number of hydrogen-bond acceptors (Lipinski definition) is 5. The number of ether oxygens (including phenoxy) is 1. The van der Waals surface area contributed by atoms with Crippen LogP contribution in [-0.2, 0) is 17.8 Å². The number of nitrogens with zero attached hydrogens (tertiary/aromatic N) is 1. The lowest BCUT2D eigenvalue weighted by molar-refractivity contribution is -0.131. The molecular weight excluding hydrogens is 418 g/mol. The highest BCUT2D eigenvalue weighted by atomic mass is 16.5. The van der Waals surface area contributed by atoms with Crippen molar-refractivity contribution in [3.05, 3.63) is 76.1 Å². The Morgan fingerprint density at radius 3 is 2.61 bits per heavy atom. The van der Waals surface area contributed by atoms with Crippen LogP contribution in [0.25, 0.3) is 11.0 Å². The van der Waals surface area contributed by atoms with Crippen molar-refractivity contribution >= 4 is 16.9 Å². The van der Waals surface area contributed by atoms with Crippen LogP contribution in [0.1, 0.15) is 43.2 Å². The molecule has 0 aliphatic heterocycles. The van der Waals surface area contributed by atoms with E-state index in [0.717, 1.165) is 18.4 Å². The van der Waals surface area contributed by atoms with E-state index in [-0.39, 0.29) is 37.5 Å². The monoisotopic (exact) mass is 449 g/mol. The van der Waals surface area contributed by atoms with Crippen LogP contribution in [0.5, 0.6) is 5.75 Å². The van der Waals surface area contributed by atoms with Gasteiger partial charge in [0.05, 0.1) is 38.0 Å². The lowest BCUT2D eigenvalue weighted by Gasteiger charge is -2.22. The zero-order chi connectivity index (χ0) is 23.0. The third-order valence-electron chi connectivity index (χ3n) is 6.32. The van der Waals surface area contributed by atoms with Gasteiger partial charge in [-0.3, -0.25) is 9.59 Å². The van der Waals surface area contributed by atoms with Crippen molar-refractivity contribution in [3.8, 4) is 5.75 Å². The Kier molecular flexibility index (Phi) is 7.79. The number of benzene rings is 2. The Balaban J connectivity index is 1.55. The van der Waals surface area contributed by atoms with Gasteiger partial charge >= 0.3 is 0 Å². The van der Waals surface area contributed by atoms with Crippen molar-refractivity contribution in [1.82, 2.24) is 4.90 Å². The summed E-state index contributed by atoms with van der Waals surface area (Å²) in [5.41, 5.74) is 1.51. The zero-order valence-electron chi connectivity index (χ0n) is 18.9. The minimum absolute atomic E-state index is 0.0709. The second-order valence-electron chi connectivity index (χ2n) is 8.74. The van der Waals surface area contributed by atoms with Crippen LogP contribution in [0.2, 0.25) is 0 Å². The SMILES string of the molecule is O=C(Cc1ccccc1)N(CCO)Cc1coc2cccc(OCC3CCCCC3)c2c1=O. The molecule has 6 nitrogen and oxygen atoms in total. The highest BCUT2D eigenvalue weighted by Crippen LogP contribution is 2.27. The molecular formula is C27H31NO5. The van der Waals surface area contributed by atoms with E-state index >= 15 is 0 Å². The van der Waals surface area contributed by atoms with Crippen LogP contribution in [-0.4, -0.2) is 35.7 Å². The molecule has 1 aromatic heterocycles. The summed E-state index contributed by atoms with van der Waals surface area (Å²) in [5.74, 6) is 0.884. The van der Waals surface area contributed by atoms with Gasteiger partial charge in [0.1, 0.15) is 16.7 Å². The summed E-state index contributed by atoms with van der Waals surface area (Å²) in [4.78, 5) is 27.8. The molecule has 1 saturated carbocycles. The third-order valence-corrected chi connectivity index (χ3v) is 6.32. The average molecular weight is 450 g/mol. The fraction of sp³-hybridized carbons (Fsp3) is 0.407. The first-order chi connectivity index (χ1) is 16.2. The summed E-state index contributed by atoms with van der Waals surface area (Å²) in [5, 5.41) is 9.90. The van der Waals surface area contributed by atoms with E-state index in [0.29, 0.717) is 34.8 Å². The zero-order valence-corrected chi connectivity index (χ0v) is 18.9. The van der Waals surface area contributed by atoms with E-state index in [1.165, 1.54) is 30.4 Å². The fourth-order valence-electron chi connectivity index (χ4n) is 4.47. The lowest BCUT2D eigenvalue weighted by atomic mass is 9.90. The average Bonchev–Trinajstić information content (AvgIpc) is 2.85. The molecule has 0 atom stereocenters. The Bertz CT molecular complexity index is 1120. The molecule has 1 aliphatic carbocycles. The molecule has 3 aromatic rings. The van der Waals surface area contributed by atoms with Crippen LogP contribution in [0, 0.1) is 5.92 Å². The maximum atomic E-state index is 13.4. The molecule has 174 valence electrons. The Labute approximate surface area is 193 Å². The summed E-state index contributed by atoms with van der Waals surface area (Å²) in [6.07, 6.45) is 7.67. The summed E-state index contributed by atoms with van der Waals surface area (Å²) in [7, 11) is 0. The van der Waals surface area contributed by atoms with Crippen LogP contribution < -0.4 is 10.2 Å². The van der Waals surface area contributed by atoms with Gasteiger partial charge in [0.2, 0.25) is 11.3 Å². The number of rotatable bonds is 9. The van der Waals surface area contributed by atoms with E-state index < -0.39 is 0 Å². The maximum Gasteiger partial charge on any atom is 0.227 e. The topological polar surface area (TPSA) is 80.0 Å². The van der Waals surface area contributed by atoms with E-state index in [1.807, 2.05) is 36.4 Å². The summed E-state index contributed by atoms with van der Waals surface area (Å²) in [6, 6.07) is 14.8. The summed E-state index contributed by atoms with van der Waals surface area (Å²) >= 11 is 0. The fourth-order valence-corrected chi connectivity index (χ4v) is 4.47. The quantitative estimate of drug-likeness (QED) is 0.526. The van der Waals surface area contributed by atoms with Gasteiger partial charge in [-0.1, -0.05) is 55.7 Å². The van der Waals surface area contributed by atoms with Gasteiger partial charge in [-0.25, -0.2) is 0 Å². The van der Waals surface area contributed by atoms with Crippen LogP contribution in [0.15, 0.2) is 64.0 Å². The number of hydrogen-bond donors (Lipinski definition) is 1. The van der Waals surface area contributed by atoms with Gasteiger partial charge in [0.25, 0.3) is 0 Å². The Morgan fingerprint density at radius 2 is 1.85 bits per heavy atom. The minimum atomic E-state index is -0.203. The number of carbonyl (C=O) groups is 1. The Hall–Kier alpha value is -3.12. The van der Waals surface area contributed by atoms with Crippen molar-refractivity contribution < 1.29 is 19.1 Å². The van der Waals surface area contributed by atoms with Gasteiger partial charge in [0, 0.05) is 6.54 Å². The molecule has 33 heavy (non-hydrogen) atoms. The molecule has 1 heterocycles. The lowest BCUT2D eigenvalue weighted by Crippen LogP contribution is -2.35. The van der Waals surface area contributed by atoms with Gasteiger partial charge in [-0.2, -0.15) is 0 Å². The highest BCUT2D eigenvalue weighted by Gasteiger charge is 2.20. The molecule has 0 bridgehead atoms. The molecule has 1 N–H and O–H groups in total. The summed E-state index contributed by atoms with van der Waals surface area (Å²) < 4.78 is 11.8. The van der Waals surface area contributed by atoms with Crippen molar-refractivity contribution in [2.45, 2.75) is 45.1 Å². The second kappa shape index (κ2) is 11.1. The molecule has 0 unspecified atom stereocenters. The molecule has 0 saturated heterocycles. The predicted molar refractivity (Wildman–Crippen MR) is 127 cm³/mol. The first-order valence-electron chi connectivity index (χ1n) is 11.7. The second-order valence-corrected chi connectivity index (χ2v) is 8.74. The molecule has 0 radical (unpaired) electrons. The van der Waals surface area contributed by atoms with Crippen LogP contribution in [0.4, 0.5) is 0 Å². The molecule has 0 spiro atoms. The molecule has 2 aromatic carbocycles. The number of aliphatic hydroxyl groups excluding tert-OH is 1. The standard InChI is InChI=1S/C27H31NO5/c29-15-14-28(25(30)16-20-8-3-1-4-9-20)17-22-19-33-24-13-7-12-23(26(24)27(22)31)32-18-21-10-5-2-6-11-21/h1,3-4,7-9,12-13,19,21,29H,2,5-6,10-11,14-18H2. The van der Waals surface area contributed by atoms with E-state index in [2.05, 4.69) is 0 Å². The molecule has 1 amide bonds. The maximum absolute atomic E-state index is 13.4. The third kappa shape index (κ3) is 5.82. The first-order valence-corrected chi connectivity index (χ1v) is 11.7. The van der Waals surface area contributed by atoms with Crippen LogP contribution in [0.3, 0.4) is 0 Å². The molecule has 4 rings (SSSR count). The number of aliphatic hydroxyl groups is 1. The van der Waals surface area contributed by atoms with E-state index in [1.54, 1.807) is 12.1 Å². The van der Waals surface area contributed by atoms with Crippen molar-refractivity contribution in [2.24, 2.45) is 5.92 Å². The number of carbonyl (C=O) groups excluding carboxylic acids is 1. The normalized spacial score (nSPS) is 14.3. The van der Waals surface area contributed by atoms with Crippen molar-refractivity contribution in [3.63, 3.8) is 0 Å². The van der Waals surface area contributed by atoms with Crippen molar-refractivity contribution in [2.75, 3.05) is 19.8 Å². The van der Waals surface area contributed by atoms with Gasteiger partial charge in [-0.15, -0.1) is 0 Å². The first kappa shape index (κ1) is 23.1. The van der Waals surface area contributed by atoms with E-state index in [4.69, 9.17) is 9.15 Å². The largest absolute Gasteiger partial charge is 0.492 e. The molecule has 1 fully saturated rings. The molecule has 6 heteroatoms. The highest BCUT2D eigenvalue weighted by molar-refractivity contribution is 5.84. The van der Waals surface area contributed by atoms with Gasteiger partial charge < -0.3 is 19.2 Å². The van der Waals surface area contributed by atoms with Gasteiger partial charge in [0.15, 0.2) is 0 Å². The van der Waals surface area contributed by atoms with Gasteiger partial charge in [-0.05, 0) is 36.5 Å². The molecule has 1 aliphatic rings. The van der Waals surface area contributed by atoms with Crippen LogP contribution >= 0.6 is 0 Å². The number of amides is 1. The smallest absolute Gasteiger partial charge is 0.227 e. The summed E-state index contributed by atoms with van der Waals surface area (Å²) in [6.45, 7) is 0.620. The Morgan fingerprint density at radius 1 is 1.06 bits per heavy atom. The minimum Gasteiger partial charge on any atom is -0.492 e. The van der Waals surface area contributed by atoms with E-state index in [9.17, 15) is 14.7 Å². The number of fused-ring (bicyclic) bond motifs is 1. The predicted octanol–water partition coefficient (Wildman–Crippen LogP) is 4.32.